The minimum Gasteiger partial charge on any atom is -0.490 e. The van der Waals surface area contributed by atoms with Gasteiger partial charge in [0.2, 0.25) is 23.3 Å². The van der Waals surface area contributed by atoms with Gasteiger partial charge in [0.15, 0.2) is 46.0 Å². The monoisotopic (exact) mass is 1690 g/mol. The highest BCUT2D eigenvalue weighted by atomic mass is 16.5. The molecule has 654 valence electrons. The summed E-state index contributed by atoms with van der Waals surface area (Å²) in [5, 5.41) is 31.8. The predicted octanol–water partition coefficient (Wildman–Crippen LogP) is 18.7. The first kappa shape index (κ1) is 90.7. The summed E-state index contributed by atoms with van der Waals surface area (Å²) in [6.07, 6.45) is 17.0. The van der Waals surface area contributed by atoms with Crippen LogP contribution in [0.3, 0.4) is 0 Å². The molecule has 9 heterocycles. The number of aromatic amines is 2. The number of pyridine rings is 2. The normalized spacial score (nSPS) is 12.0. The summed E-state index contributed by atoms with van der Waals surface area (Å²) in [6.45, 7) is 40.3. The molecule has 0 unspecified atom stereocenters. The van der Waals surface area contributed by atoms with Crippen molar-refractivity contribution in [3.63, 3.8) is 0 Å². The number of ether oxygens (including phenoxy) is 8. The van der Waals surface area contributed by atoms with E-state index >= 15 is 0 Å². The molecule has 1 saturated heterocycles. The Hall–Kier alpha value is -12.5. The van der Waals surface area contributed by atoms with E-state index in [2.05, 4.69) is 151 Å². The van der Waals surface area contributed by atoms with Crippen LogP contribution in [0.4, 0.5) is 0 Å². The Morgan fingerprint density at radius 2 is 0.734 bits per heavy atom. The first-order chi connectivity index (χ1) is 60.8. The molecule has 6 aromatic carbocycles. The number of nitrogens with zero attached hydrogens (tertiary/aromatic N) is 13. The summed E-state index contributed by atoms with van der Waals surface area (Å²) in [5.41, 5.74) is 13.1. The quantitative estimate of drug-likeness (QED) is 0.0259. The molecule has 14 aromatic rings. The van der Waals surface area contributed by atoms with Gasteiger partial charge in [-0.05, 0) is 277 Å². The molecule has 0 atom stereocenters. The number of rotatable bonds is 41. The summed E-state index contributed by atoms with van der Waals surface area (Å²) in [6, 6.07) is 38.8. The van der Waals surface area contributed by atoms with Crippen LogP contribution >= 0.6 is 0 Å². The van der Waals surface area contributed by atoms with Gasteiger partial charge in [0, 0.05) is 130 Å². The zero-order valence-corrected chi connectivity index (χ0v) is 73.3. The second-order valence-electron chi connectivity index (χ2n) is 28.9. The van der Waals surface area contributed by atoms with Crippen LogP contribution in [0.5, 0.6) is 46.0 Å². The fraction of sp³-hybridized carbons (Fsp3) is 0.389. The van der Waals surface area contributed by atoms with Crippen molar-refractivity contribution < 1.29 is 61.1 Å². The lowest BCUT2D eigenvalue weighted by Crippen LogP contribution is -2.31. The summed E-state index contributed by atoms with van der Waals surface area (Å²) in [7, 11) is 0. The van der Waals surface area contributed by atoms with E-state index in [1.165, 1.54) is 54.4 Å². The molecule has 15 rings (SSSR count). The molecule has 1 aliphatic heterocycles. The largest absolute Gasteiger partial charge is 0.490 e. The van der Waals surface area contributed by atoms with Gasteiger partial charge in [-0.2, -0.15) is 19.9 Å². The Balaban J connectivity index is 0.000000152. The van der Waals surface area contributed by atoms with Crippen molar-refractivity contribution in [2.45, 2.75) is 135 Å². The third-order valence-corrected chi connectivity index (χ3v) is 20.7. The van der Waals surface area contributed by atoms with E-state index in [0.29, 0.717) is 157 Å². The maximum Gasteiger partial charge on any atom is 0.258 e. The van der Waals surface area contributed by atoms with E-state index in [4.69, 9.17) is 56.0 Å². The van der Waals surface area contributed by atoms with Crippen molar-refractivity contribution in [3.8, 4) is 137 Å². The SMILES string of the molecule is CCOc1ccc(-c2nc(-c3ccc4[nH]cc(CN5CCCC5)c4c3)no2)cc1OCC.CCOc1ccc(-c2nc(-c3ccc4[nH]cc(CNCCN(CC)CC)c4c3)no2)cc1OCC.CCOc1ccc(-c2nc(-c3cncc(CCCCN(CC)CC)c3)no2)cc1OCC.CCOc1ccc(-c2nc(-c3cncc(CO)c3)no2)cc1OCC. The van der Waals surface area contributed by atoms with Crippen LogP contribution in [-0.4, -0.2) is 192 Å². The number of hydrogen-bond acceptors (Lipinski definition) is 27. The van der Waals surface area contributed by atoms with Crippen molar-refractivity contribution in [2.24, 2.45) is 0 Å². The molecule has 124 heavy (non-hydrogen) atoms. The number of H-pyrrole nitrogens is 2. The van der Waals surface area contributed by atoms with E-state index < -0.39 is 0 Å². The first-order valence-electron chi connectivity index (χ1n) is 43.4. The van der Waals surface area contributed by atoms with Crippen molar-refractivity contribution in [3.05, 3.63) is 181 Å². The van der Waals surface area contributed by atoms with Crippen LogP contribution in [0, 0.1) is 0 Å². The summed E-state index contributed by atoms with van der Waals surface area (Å²) >= 11 is 0. The van der Waals surface area contributed by atoms with Gasteiger partial charge >= 0.3 is 0 Å². The van der Waals surface area contributed by atoms with Gasteiger partial charge in [-0.1, -0.05) is 48.3 Å². The molecule has 0 bridgehead atoms. The highest BCUT2D eigenvalue weighted by Crippen LogP contribution is 2.39. The number of nitrogens with one attached hydrogen (secondary N) is 3. The second-order valence-corrected chi connectivity index (χ2v) is 28.9. The number of aliphatic hydroxyl groups is 1. The van der Waals surface area contributed by atoms with Gasteiger partial charge in [0.1, 0.15) is 0 Å². The molecule has 29 nitrogen and oxygen atoms in total. The minimum absolute atomic E-state index is 0.0951. The Morgan fingerprint density at radius 3 is 1.13 bits per heavy atom. The van der Waals surface area contributed by atoms with E-state index in [-0.39, 0.29) is 6.61 Å². The van der Waals surface area contributed by atoms with Crippen molar-refractivity contribution in [1.29, 1.82) is 0 Å². The molecule has 0 radical (unpaired) electrons. The fourth-order valence-electron chi connectivity index (χ4n) is 14.3. The fourth-order valence-corrected chi connectivity index (χ4v) is 14.3. The molecule has 29 heteroatoms. The van der Waals surface area contributed by atoms with E-state index in [1.807, 2.05) is 147 Å². The van der Waals surface area contributed by atoms with Crippen LogP contribution in [0.1, 0.15) is 131 Å². The number of aryl methyl sites for hydroxylation is 1. The molecule has 0 amide bonds. The van der Waals surface area contributed by atoms with Crippen LogP contribution in [0.25, 0.3) is 113 Å². The molecule has 8 aromatic heterocycles. The smallest absolute Gasteiger partial charge is 0.258 e. The van der Waals surface area contributed by atoms with Gasteiger partial charge in [-0.15, -0.1) is 0 Å². The first-order valence-corrected chi connectivity index (χ1v) is 43.4. The average Bonchev–Trinajstić information content (AvgIpc) is 1.68. The number of aromatic nitrogens is 12. The van der Waals surface area contributed by atoms with Crippen molar-refractivity contribution in [2.75, 3.05) is 112 Å². The van der Waals surface area contributed by atoms with Gasteiger partial charge in [-0.25, -0.2) is 0 Å². The number of fused-ring (bicyclic) bond motifs is 2. The molecule has 1 fully saturated rings. The highest BCUT2D eigenvalue weighted by Gasteiger charge is 2.23. The van der Waals surface area contributed by atoms with Gasteiger partial charge < -0.3 is 86.2 Å². The lowest BCUT2D eigenvalue weighted by Gasteiger charge is -2.17. The average molecular weight is 1690 g/mol. The Labute approximate surface area is 724 Å². The second kappa shape index (κ2) is 46.6. The van der Waals surface area contributed by atoms with E-state index in [9.17, 15) is 5.11 Å². The van der Waals surface area contributed by atoms with Gasteiger partial charge in [0.05, 0.1) is 59.5 Å². The van der Waals surface area contributed by atoms with E-state index in [0.717, 1.165) is 127 Å². The van der Waals surface area contributed by atoms with Gasteiger partial charge in [-0.3, -0.25) is 14.9 Å². The lowest BCUT2D eigenvalue weighted by molar-refractivity contribution is 0.281. The Kier molecular flexibility index (Phi) is 34.1. The number of likely N-dealkylation sites (tertiary alicyclic amines) is 1. The van der Waals surface area contributed by atoms with E-state index in [1.54, 1.807) is 24.7 Å². The third-order valence-electron chi connectivity index (χ3n) is 20.7. The number of likely N-dealkylation sites (N-methyl/N-ethyl adjacent to an activating group) is 1. The standard InChI is InChI=1S/C27H35N5O3.C25H28N4O3.C25H34N4O3.C18H19N3O4/c1-5-32(6-2)14-13-28-17-21-18-29-23-11-9-19(15-22(21)23)26-30-27(35-31-26)20-10-12-24(33-7-3)25(16-20)34-8-4;1-3-30-22-10-8-18(14-23(22)31-4-2)25-27-24(28-32-25)17-7-9-21-20(13-17)19(15-26-21)16-29-11-5-6-12-29;1-5-29(6-2)14-10-9-11-19-15-21(18-26-17-19)24-27-25(32-28-24)20-12-13-22(30-7-3)23(16-20)31-8-4;1-3-23-15-6-5-13(8-16(15)24-4-2)18-20-17(21-25-18)14-7-12(11-22)9-19-10-14/h9-12,15-16,18,28-29H,5-8,13-14,17H2,1-4H3;7-10,13-15,26H,3-6,11-12,16H2,1-2H3;12-13,15-18H,5-11,14H2,1-4H3;5-10,22H,3-4,11H2,1-2H3. The predicted molar refractivity (Wildman–Crippen MR) is 480 cm³/mol. The molecule has 1 aliphatic rings. The number of unbranched alkanes of at least 4 members (excludes halogenated alkanes) is 1. The number of aliphatic hydroxyl groups excluding tert-OH is 1. The summed E-state index contributed by atoms with van der Waals surface area (Å²) in [4.78, 5) is 40.9. The highest BCUT2D eigenvalue weighted by molar-refractivity contribution is 5.88. The lowest BCUT2D eigenvalue weighted by atomic mass is 10.1. The zero-order chi connectivity index (χ0) is 86.9. The van der Waals surface area contributed by atoms with Gasteiger partial charge in [0.25, 0.3) is 23.6 Å². The minimum atomic E-state index is -0.0951. The van der Waals surface area contributed by atoms with Crippen LogP contribution in [-0.2, 0) is 26.1 Å². The summed E-state index contributed by atoms with van der Waals surface area (Å²) in [5.74, 6) is 9.19. The molecular formula is C95H116N16O13. The molecular weight excluding hydrogens is 1570 g/mol. The van der Waals surface area contributed by atoms with Crippen LogP contribution in [0.2, 0.25) is 0 Å². The Morgan fingerprint density at radius 1 is 0.379 bits per heavy atom. The number of benzene rings is 6. The maximum absolute atomic E-state index is 9.21. The molecule has 4 N–H and O–H groups in total. The van der Waals surface area contributed by atoms with Crippen LogP contribution in [0.15, 0.2) is 177 Å². The summed E-state index contributed by atoms with van der Waals surface area (Å²) < 4.78 is 67.4. The third kappa shape index (κ3) is 24.2. The zero-order valence-electron chi connectivity index (χ0n) is 73.3. The topological polar surface area (TPSA) is 329 Å². The number of hydrogen-bond donors (Lipinski definition) is 4. The maximum atomic E-state index is 9.21. The van der Waals surface area contributed by atoms with Crippen LogP contribution < -0.4 is 43.2 Å². The molecule has 0 saturated carbocycles. The Bertz CT molecular complexity index is 5610. The van der Waals surface area contributed by atoms with Crippen molar-refractivity contribution >= 4 is 21.8 Å². The van der Waals surface area contributed by atoms with Crippen molar-refractivity contribution in [1.82, 2.24) is 80.5 Å². The molecule has 0 aliphatic carbocycles. The molecule has 0 spiro atoms.